The second kappa shape index (κ2) is 8.04. The number of rotatable bonds is 5. The van der Waals surface area contributed by atoms with Gasteiger partial charge in [-0.3, -0.25) is 4.79 Å². The van der Waals surface area contributed by atoms with Gasteiger partial charge in [-0.25, -0.2) is 24.5 Å². The molecular formula is C22H17F5N8O2. The molecule has 4 heterocycles. The molecule has 1 amide bonds. The molecular weight excluding hydrogens is 503 g/mol. The smallest absolute Gasteiger partial charge is 0.453 e. The first-order chi connectivity index (χ1) is 17.3. The van der Waals surface area contributed by atoms with E-state index >= 15 is 0 Å². The van der Waals surface area contributed by atoms with Crippen LogP contribution < -0.4 is 11.1 Å². The highest BCUT2D eigenvalue weighted by Gasteiger charge is 2.56. The summed E-state index contributed by atoms with van der Waals surface area (Å²) < 4.78 is 66.2. The first-order valence-corrected chi connectivity index (χ1v) is 10.7. The molecule has 0 saturated carbocycles. The number of hydrogen-bond acceptors (Lipinski definition) is 8. The quantitative estimate of drug-likeness (QED) is 0.340. The van der Waals surface area contributed by atoms with E-state index in [0.29, 0.717) is 5.56 Å². The molecule has 0 fully saturated rings. The van der Waals surface area contributed by atoms with Gasteiger partial charge in [0.2, 0.25) is 5.91 Å². The Morgan fingerprint density at radius 3 is 2.49 bits per heavy atom. The number of nitrogens with two attached hydrogens (primary N) is 1. The van der Waals surface area contributed by atoms with Gasteiger partial charge in [0.15, 0.2) is 11.5 Å². The third-order valence-corrected chi connectivity index (χ3v) is 6.22. The molecule has 0 radical (unpaired) electrons. The Hall–Kier alpha value is -4.43. The van der Waals surface area contributed by atoms with E-state index < -0.39 is 36.3 Å². The van der Waals surface area contributed by atoms with Crippen LogP contribution in [0.25, 0.3) is 17.2 Å². The number of aromatic nitrogens is 6. The number of amides is 1. The summed E-state index contributed by atoms with van der Waals surface area (Å²) in [6, 6.07) is 5.94. The van der Waals surface area contributed by atoms with E-state index in [4.69, 9.17) is 5.73 Å². The number of phenolic OH excluding ortho intramolecular Hbond substituents is 1. The minimum absolute atomic E-state index is 0.00364. The number of phenols is 1. The van der Waals surface area contributed by atoms with Crippen LogP contribution in [0.3, 0.4) is 0 Å². The van der Waals surface area contributed by atoms with Gasteiger partial charge < -0.3 is 16.2 Å². The molecule has 1 aromatic carbocycles. The van der Waals surface area contributed by atoms with Gasteiger partial charge in [0.05, 0.1) is 17.5 Å². The largest absolute Gasteiger partial charge is 0.508 e. The third kappa shape index (κ3) is 3.86. The second-order valence-electron chi connectivity index (χ2n) is 8.59. The molecule has 0 saturated heterocycles. The molecule has 3 aromatic heterocycles. The van der Waals surface area contributed by atoms with Gasteiger partial charge in [-0.15, -0.1) is 0 Å². The Kier molecular flexibility index (Phi) is 5.28. The van der Waals surface area contributed by atoms with E-state index in [9.17, 15) is 31.9 Å². The number of fused-ring (bicyclic) bond motifs is 2. The van der Waals surface area contributed by atoms with Gasteiger partial charge in [0.1, 0.15) is 34.8 Å². The summed E-state index contributed by atoms with van der Waals surface area (Å²) in [6.45, 7) is 1.61. The summed E-state index contributed by atoms with van der Waals surface area (Å²) in [6.07, 6.45) is -5.63. The van der Waals surface area contributed by atoms with Crippen LogP contribution in [0, 0.1) is 0 Å². The minimum Gasteiger partial charge on any atom is -0.508 e. The first-order valence-electron chi connectivity index (χ1n) is 10.7. The average Bonchev–Trinajstić information content (AvgIpc) is 3.40. The highest BCUT2D eigenvalue weighted by Crippen LogP contribution is 2.45. The second-order valence-corrected chi connectivity index (χ2v) is 8.59. The fourth-order valence-electron chi connectivity index (χ4n) is 4.18. The van der Waals surface area contributed by atoms with Crippen molar-refractivity contribution in [2.75, 3.05) is 11.1 Å². The maximum atomic E-state index is 13.5. The Labute approximate surface area is 204 Å². The van der Waals surface area contributed by atoms with Crippen LogP contribution >= 0.6 is 0 Å². The van der Waals surface area contributed by atoms with Crippen LogP contribution in [0.5, 0.6) is 5.75 Å². The van der Waals surface area contributed by atoms with Crippen molar-refractivity contribution in [3.8, 4) is 17.3 Å². The number of carbonyl (C=O) groups excluding carboxylic acids is 1. The van der Waals surface area contributed by atoms with E-state index in [-0.39, 0.29) is 45.8 Å². The van der Waals surface area contributed by atoms with E-state index in [1.807, 2.05) is 0 Å². The molecule has 15 heteroatoms. The topological polar surface area (TPSA) is 144 Å². The zero-order valence-corrected chi connectivity index (χ0v) is 18.9. The van der Waals surface area contributed by atoms with Gasteiger partial charge in [0, 0.05) is 6.42 Å². The van der Waals surface area contributed by atoms with Crippen LogP contribution in [0.15, 0.2) is 36.8 Å². The summed E-state index contributed by atoms with van der Waals surface area (Å²) >= 11 is 0. The standard InChI is InChI=1S/C22H17F5N8O2/c1-20(10-2-4-11(36)5-3-10)14-15(28)32-16(33-17(14)34-19(20)37)13-8-35-18(29-9-30-35)12(31-13)6-7-21(23,24)22(25,26)27/h2-5,8-9,36H,6-7H2,1H3,(H3,28,32,33,34,37)/t20-/m1/s1. The Balaban J connectivity index is 1.57. The molecule has 192 valence electrons. The number of benzene rings is 1. The van der Waals surface area contributed by atoms with Crippen molar-refractivity contribution >= 4 is 23.2 Å². The van der Waals surface area contributed by atoms with Crippen molar-refractivity contribution < 1.29 is 31.9 Å². The van der Waals surface area contributed by atoms with Crippen molar-refractivity contribution in [3.63, 3.8) is 0 Å². The van der Waals surface area contributed by atoms with Crippen LogP contribution in [0.2, 0.25) is 0 Å². The highest BCUT2D eigenvalue weighted by atomic mass is 19.4. The van der Waals surface area contributed by atoms with Crippen molar-refractivity contribution in [1.29, 1.82) is 0 Å². The SMILES string of the molecule is C[C@]1(c2ccc(O)cc2)C(=O)Nc2nc(-c3cn4ncnc4c(CCC(F)(F)C(F)(F)F)n3)nc(N)c21. The molecule has 0 unspecified atom stereocenters. The zero-order chi connectivity index (χ0) is 26.8. The normalized spacial score (nSPS) is 17.7. The fraction of sp³-hybridized carbons (Fsp3) is 0.273. The zero-order valence-electron chi connectivity index (χ0n) is 18.9. The number of nitrogens with one attached hydrogen (secondary N) is 1. The summed E-state index contributed by atoms with van der Waals surface area (Å²) in [4.78, 5) is 29.6. The number of alkyl halides is 5. The van der Waals surface area contributed by atoms with E-state index in [1.54, 1.807) is 19.1 Å². The predicted molar refractivity (Wildman–Crippen MR) is 119 cm³/mol. The molecule has 1 aliphatic rings. The molecule has 4 N–H and O–H groups in total. The Morgan fingerprint density at radius 1 is 1.11 bits per heavy atom. The molecule has 1 aliphatic heterocycles. The minimum atomic E-state index is -5.71. The third-order valence-electron chi connectivity index (χ3n) is 6.22. The van der Waals surface area contributed by atoms with Crippen LogP contribution in [-0.4, -0.2) is 52.7 Å². The van der Waals surface area contributed by atoms with Crippen molar-refractivity contribution in [3.05, 3.63) is 53.6 Å². The lowest BCUT2D eigenvalue weighted by Gasteiger charge is -2.23. The molecule has 37 heavy (non-hydrogen) atoms. The van der Waals surface area contributed by atoms with Crippen molar-refractivity contribution in [1.82, 2.24) is 29.5 Å². The van der Waals surface area contributed by atoms with E-state index in [0.717, 1.165) is 10.8 Å². The number of nitrogens with zero attached hydrogens (tertiary/aromatic N) is 6. The lowest BCUT2D eigenvalue weighted by Crippen LogP contribution is -2.36. The van der Waals surface area contributed by atoms with Gasteiger partial charge in [-0.05, 0) is 31.0 Å². The molecule has 0 spiro atoms. The number of carbonyl (C=O) groups is 1. The van der Waals surface area contributed by atoms with Crippen LogP contribution in [0.4, 0.5) is 33.6 Å². The molecule has 0 aliphatic carbocycles. The summed E-state index contributed by atoms with van der Waals surface area (Å²) in [5.41, 5.74) is 5.50. The molecule has 1 atom stereocenters. The first kappa shape index (κ1) is 24.3. The average molecular weight is 520 g/mol. The predicted octanol–water partition coefficient (Wildman–Crippen LogP) is 3.26. The van der Waals surface area contributed by atoms with Crippen LogP contribution in [0.1, 0.15) is 30.2 Å². The monoisotopic (exact) mass is 520 g/mol. The maximum absolute atomic E-state index is 13.5. The number of halogens is 5. The van der Waals surface area contributed by atoms with Crippen molar-refractivity contribution in [2.24, 2.45) is 0 Å². The van der Waals surface area contributed by atoms with Crippen molar-refractivity contribution in [2.45, 2.75) is 37.3 Å². The molecule has 10 nitrogen and oxygen atoms in total. The summed E-state index contributed by atoms with van der Waals surface area (Å²) in [5.74, 6) is -5.51. The number of aromatic hydroxyl groups is 1. The molecule has 0 bridgehead atoms. The summed E-state index contributed by atoms with van der Waals surface area (Å²) in [5, 5.41) is 16.2. The maximum Gasteiger partial charge on any atom is 0.453 e. The molecule has 5 rings (SSSR count). The lowest BCUT2D eigenvalue weighted by molar-refractivity contribution is -0.284. The number of aryl methyl sites for hydroxylation is 1. The van der Waals surface area contributed by atoms with Gasteiger partial charge in [-0.1, -0.05) is 12.1 Å². The summed E-state index contributed by atoms with van der Waals surface area (Å²) in [7, 11) is 0. The Bertz CT molecular complexity index is 1540. The van der Waals surface area contributed by atoms with Gasteiger partial charge >= 0.3 is 12.1 Å². The number of nitrogen functional groups attached to an aromatic ring is 1. The lowest BCUT2D eigenvalue weighted by atomic mass is 9.78. The van der Waals surface area contributed by atoms with Gasteiger partial charge in [0.25, 0.3) is 0 Å². The van der Waals surface area contributed by atoms with Gasteiger partial charge in [-0.2, -0.15) is 27.1 Å². The number of anilines is 2. The highest BCUT2D eigenvalue weighted by molar-refractivity contribution is 6.09. The van der Waals surface area contributed by atoms with Crippen LogP contribution in [-0.2, 0) is 16.6 Å². The van der Waals surface area contributed by atoms with E-state index in [1.165, 1.54) is 18.3 Å². The molecule has 4 aromatic rings. The Morgan fingerprint density at radius 2 is 1.81 bits per heavy atom. The van der Waals surface area contributed by atoms with E-state index in [2.05, 4.69) is 30.4 Å². The number of hydrogen-bond donors (Lipinski definition) is 3. The fourth-order valence-corrected chi connectivity index (χ4v) is 4.18.